The van der Waals surface area contributed by atoms with Crippen LogP contribution in [0, 0.1) is 6.92 Å². The van der Waals surface area contributed by atoms with Crippen molar-refractivity contribution < 1.29 is 9.90 Å². The Labute approximate surface area is 108 Å². The number of hydrogen-bond acceptors (Lipinski definition) is 4. The molecule has 2 heterocycles. The Morgan fingerprint density at radius 2 is 2.12 bits per heavy atom. The second kappa shape index (κ2) is 4.50. The number of nitrogen functional groups attached to an aromatic ring is 1. The minimum atomic E-state index is -0.950. The zero-order chi connectivity index (χ0) is 12.6. The number of rotatable bonds is 3. The second-order valence-electron chi connectivity index (χ2n) is 3.72. The minimum absolute atomic E-state index is 0.240. The van der Waals surface area contributed by atoms with Crippen LogP contribution < -0.4 is 5.73 Å². The van der Waals surface area contributed by atoms with E-state index in [0.29, 0.717) is 5.69 Å². The summed E-state index contributed by atoms with van der Waals surface area (Å²) < 4.78 is 0. The number of carboxylic acids is 1. The molecule has 2 rings (SSSR count). The highest BCUT2D eigenvalue weighted by Gasteiger charge is 2.19. The van der Waals surface area contributed by atoms with Crippen LogP contribution in [0.15, 0.2) is 12.1 Å². The zero-order valence-electron chi connectivity index (χ0n) is 9.61. The van der Waals surface area contributed by atoms with Gasteiger partial charge in [-0.3, -0.25) is 0 Å². The molecule has 2 aromatic rings. The van der Waals surface area contributed by atoms with Crippen LogP contribution in [0.5, 0.6) is 0 Å². The summed E-state index contributed by atoms with van der Waals surface area (Å²) in [4.78, 5) is 14.6. The highest BCUT2D eigenvalue weighted by atomic mass is 32.1. The van der Waals surface area contributed by atoms with Gasteiger partial charge in [-0.25, -0.2) is 4.79 Å². The van der Waals surface area contributed by atoms with Gasteiger partial charge in [0.1, 0.15) is 4.88 Å². The standard InChI is InChI=1S/C12H13NO2S2/c1-3-7-4-5-8(16-7)10-6(2)9(13)11(17-10)12(14)15/h4-5H,3,13H2,1-2H3,(H,14,15). The maximum Gasteiger partial charge on any atom is 0.348 e. The molecular weight excluding hydrogens is 254 g/mol. The molecular formula is C12H13NO2S2. The van der Waals surface area contributed by atoms with Gasteiger partial charge >= 0.3 is 5.97 Å². The Balaban J connectivity index is 2.52. The lowest BCUT2D eigenvalue weighted by Crippen LogP contribution is -1.97. The van der Waals surface area contributed by atoms with Crippen LogP contribution in [-0.4, -0.2) is 11.1 Å². The van der Waals surface area contributed by atoms with Crippen molar-refractivity contribution in [2.45, 2.75) is 20.3 Å². The molecule has 0 radical (unpaired) electrons. The number of aryl methyl sites for hydroxylation is 1. The van der Waals surface area contributed by atoms with Crippen molar-refractivity contribution in [3.05, 3.63) is 27.5 Å². The first-order valence-electron chi connectivity index (χ1n) is 5.25. The Morgan fingerprint density at radius 1 is 1.41 bits per heavy atom. The molecule has 5 heteroatoms. The average Bonchev–Trinajstić information content (AvgIpc) is 2.86. The summed E-state index contributed by atoms with van der Waals surface area (Å²) in [5.41, 5.74) is 7.08. The number of carbonyl (C=O) groups is 1. The summed E-state index contributed by atoms with van der Waals surface area (Å²) in [6.07, 6.45) is 0.996. The van der Waals surface area contributed by atoms with Gasteiger partial charge in [0.15, 0.2) is 0 Å². The van der Waals surface area contributed by atoms with Gasteiger partial charge in [0.25, 0.3) is 0 Å². The second-order valence-corrected chi connectivity index (χ2v) is 5.91. The molecule has 0 unspecified atom stereocenters. The van der Waals surface area contributed by atoms with E-state index in [0.717, 1.165) is 21.7 Å². The highest BCUT2D eigenvalue weighted by Crippen LogP contribution is 2.41. The quantitative estimate of drug-likeness (QED) is 0.892. The van der Waals surface area contributed by atoms with Crippen molar-refractivity contribution in [3.8, 4) is 9.75 Å². The maximum absolute atomic E-state index is 11.0. The van der Waals surface area contributed by atoms with Crippen molar-refractivity contribution in [2.24, 2.45) is 0 Å². The van der Waals surface area contributed by atoms with E-state index in [4.69, 9.17) is 10.8 Å². The van der Waals surface area contributed by atoms with Crippen molar-refractivity contribution in [2.75, 3.05) is 5.73 Å². The van der Waals surface area contributed by atoms with E-state index in [1.54, 1.807) is 11.3 Å². The average molecular weight is 267 g/mol. The topological polar surface area (TPSA) is 63.3 Å². The van der Waals surface area contributed by atoms with Crippen molar-refractivity contribution in [3.63, 3.8) is 0 Å². The van der Waals surface area contributed by atoms with E-state index in [2.05, 4.69) is 13.0 Å². The van der Waals surface area contributed by atoms with Crippen LogP contribution >= 0.6 is 22.7 Å². The Hall–Kier alpha value is -1.33. The van der Waals surface area contributed by atoms with E-state index in [9.17, 15) is 4.79 Å². The molecule has 17 heavy (non-hydrogen) atoms. The van der Waals surface area contributed by atoms with Gasteiger partial charge < -0.3 is 10.8 Å². The first-order chi connectivity index (χ1) is 8.04. The van der Waals surface area contributed by atoms with Gasteiger partial charge in [0.2, 0.25) is 0 Å². The molecule has 90 valence electrons. The van der Waals surface area contributed by atoms with E-state index in [1.165, 1.54) is 16.2 Å². The van der Waals surface area contributed by atoms with E-state index in [1.807, 2.05) is 13.0 Å². The summed E-state index contributed by atoms with van der Waals surface area (Å²) >= 11 is 2.95. The smallest absolute Gasteiger partial charge is 0.348 e. The number of aromatic carboxylic acids is 1. The van der Waals surface area contributed by atoms with E-state index < -0.39 is 5.97 Å². The van der Waals surface area contributed by atoms with E-state index in [-0.39, 0.29) is 4.88 Å². The Morgan fingerprint density at radius 3 is 2.59 bits per heavy atom. The predicted octanol–water partition coefficient (Wildman–Crippen LogP) is 3.63. The lowest BCUT2D eigenvalue weighted by Gasteiger charge is -1.95. The van der Waals surface area contributed by atoms with Gasteiger partial charge in [0.05, 0.1) is 10.6 Å². The van der Waals surface area contributed by atoms with Crippen LogP contribution in [0.25, 0.3) is 9.75 Å². The van der Waals surface area contributed by atoms with Gasteiger partial charge in [0, 0.05) is 9.75 Å². The number of hydrogen-bond donors (Lipinski definition) is 2. The Bertz CT molecular complexity index is 569. The lowest BCUT2D eigenvalue weighted by atomic mass is 10.2. The van der Waals surface area contributed by atoms with Crippen LogP contribution in [0.4, 0.5) is 5.69 Å². The molecule has 3 nitrogen and oxygen atoms in total. The van der Waals surface area contributed by atoms with Crippen LogP contribution in [-0.2, 0) is 6.42 Å². The molecule has 0 atom stereocenters. The first-order valence-corrected chi connectivity index (χ1v) is 6.89. The fraction of sp³-hybridized carbons (Fsp3) is 0.250. The van der Waals surface area contributed by atoms with Gasteiger partial charge in [-0.05, 0) is 31.0 Å². The number of thiophene rings is 2. The molecule has 0 bridgehead atoms. The van der Waals surface area contributed by atoms with E-state index >= 15 is 0 Å². The molecule has 2 aromatic heterocycles. The SMILES string of the molecule is CCc1ccc(-c2sc(C(=O)O)c(N)c2C)s1. The van der Waals surface area contributed by atoms with Crippen molar-refractivity contribution in [1.82, 2.24) is 0 Å². The molecule has 0 saturated carbocycles. The molecule has 0 aliphatic carbocycles. The zero-order valence-corrected chi connectivity index (χ0v) is 11.2. The van der Waals surface area contributed by atoms with Gasteiger partial charge in [-0.2, -0.15) is 0 Å². The maximum atomic E-state index is 11.0. The van der Waals surface area contributed by atoms with Crippen LogP contribution in [0.3, 0.4) is 0 Å². The third-order valence-electron chi connectivity index (χ3n) is 2.62. The summed E-state index contributed by atoms with van der Waals surface area (Å²) in [6.45, 7) is 3.98. The molecule has 0 aliphatic rings. The third kappa shape index (κ3) is 2.08. The first kappa shape index (κ1) is 12.1. The fourth-order valence-electron chi connectivity index (χ4n) is 1.61. The van der Waals surface area contributed by atoms with Crippen molar-refractivity contribution in [1.29, 1.82) is 0 Å². The van der Waals surface area contributed by atoms with Crippen molar-refractivity contribution >= 4 is 34.3 Å². The number of nitrogens with two attached hydrogens (primary N) is 1. The monoisotopic (exact) mass is 267 g/mol. The largest absolute Gasteiger partial charge is 0.477 e. The normalized spacial score (nSPS) is 10.7. The predicted molar refractivity (Wildman–Crippen MR) is 73.1 cm³/mol. The van der Waals surface area contributed by atoms with Crippen LogP contribution in [0.2, 0.25) is 0 Å². The summed E-state index contributed by atoms with van der Waals surface area (Å²) in [7, 11) is 0. The van der Waals surface area contributed by atoms with Gasteiger partial charge in [-0.15, -0.1) is 22.7 Å². The molecule has 0 amide bonds. The molecule has 0 aromatic carbocycles. The number of anilines is 1. The van der Waals surface area contributed by atoms with Crippen LogP contribution in [0.1, 0.15) is 27.0 Å². The lowest BCUT2D eigenvalue weighted by molar-refractivity contribution is 0.0703. The molecule has 0 aliphatic heterocycles. The summed E-state index contributed by atoms with van der Waals surface area (Å²) in [5, 5.41) is 9.04. The third-order valence-corrected chi connectivity index (χ3v) is 5.33. The molecule has 3 N–H and O–H groups in total. The summed E-state index contributed by atoms with van der Waals surface area (Å²) in [6, 6.07) is 4.11. The summed E-state index contributed by atoms with van der Waals surface area (Å²) in [5.74, 6) is -0.950. The number of carboxylic acid groups (broad SMARTS) is 1. The fourth-order valence-corrected chi connectivity index (χ4v) is 3.79. The Kier molecular flexibility index (Phi) is 3.22. The molecule has 0 fully saturated rings. The highest BCUT2D eigenvalue weighted by molar-refractivity contribution is 7.23. The molecule has 0 saturated heterocycles. The molecule has 0 spiro atoms. The van der Waals surface area contributed by atoms with Gasteiger partial charge in [-0.1, -0.05) is 6.92 Å². The minimum Gasteiger partial charge on any atom is -0.477 e.